The molecule has 2 aromatic rings. The van der Waals surface area contributed by atoms with Crippen molar-refractivity contribution < 1.29 is 4.74 Å². The molecule has 0 fully saturated rings. The third kappa shape index (κ3) is 2.54. The maximum Gasteiger partial charge on any atom is 0.123 e. The van der Waals surface area contributed by atoms with Gasteiger partial charge >= 0.3 is 0 Å². The number of nitrogens with zero attached hydrogens (tertiary/aromatic N) is 2. The van der Waals surface area contributed by atoms with E-state index in [-0.39, 0.29) is 0 Å². The molecule has 4 nitrogen and oxygen atoms in total. The molecule has 0 radical (unpaired) electrons. The molecule has 0 saturated heterocycles. The lowest BCUT2D eigenvalue weighted by Crippen LogP contribution is -2.05. The van der Waals surface area contributed by atoms with Crippen molar-refractivity contribution in [1.29, 1.82) is 0 Å². The van der Waals surface area contributed by atoms with Crippen molar-refractivity contribution in [1.82, 2.24) is 9.55 Å². The molecule has 0 aliphatic rings. The first-order valence-electron chi connectivity index (χ1n) is 6.14. The van der Waals surface area contributed by atoms with Crippen LogP contribution < -0.4 is 10.5 Å². The second-order valence-electron chi connectivity index (χ2n) is 4.18. The van der Waals surface area contributed by atoms with Crippen molar-refractivity contribution in [2.24, 2.45) is 5.73 Å². The molecule has 0 aliphatic heterocycles. The van der Waals surface area contributed by atoms with E-state index in [4.69, 9.17) is 10.5 Å². The van der Waals surface area contributed by atoms with Crippen molar-refractivity contribution in [2.45, 2.75) is 26.4 Å². The van der Waals surface area contributed by atoms with E-state index >= 15 is 0 Å². The first-order valence-corrected chi connectivity index (χ1v) is 6.14. The van der Waals surface area contributed by atoms with Gasteiger partial charge in [-0.1, -0.05) is 19.1 Å². The molecule has 0 amide bonds. The van der Waals surface area contributed by atoms with Crippen LogP contribution in [0.3, 0.4) is 0 Å². The lowest BCUT2D eigenvalue weighted by Gasteiger charge is -2.11. The fourth-order valence-electron chi connectivity index (χ4n) is 2.05. The molecular weight excluding hydrogens is 226 g/mol. The van der Waals surface area contributed by atoms with Gasteiger partial charge in [-0.05, 0) is 11.6 Å². The summed E-state index contributed by atoms with van der Waals surface area (Å²) >= 11 is 0. The maximum absolute atomic E-state index is 5.66. The Balaban J connectivity index is 2.24. The number of benzene rings is 1. The number of aryl methyl sites for hydroxylation is 1. The number of aromatic nitrogens is 2. The number of imidazole rings is 1. The first kappa shape index (κ1) is 12.6. The van der Waals surface area contributed by atoms with Crippen LogP contribution in [0.5, 0.6) is 5.75 Å². The predicted octanol–water partition coefficient (Wildman–Crippen LogP) is 1.96. The average Bonchev–Trinajstić information content (AvgIpc) is 2.85. The molecule has 18 heavy (non-hydrogen) atoms. The molecule has 0 unspecified atom stereocenters. The summed E-state index contributed by atoms with van der Waals surface area (Å²) in [6.07, 6.45) is 4.78. The number of methoxy groups -OCH3 is 1. The van der Waals surface area contributed by atoms with E-state index in [9.17, 15) is 0 Å². The van der Waals surface area contributed by atoms with Crippen LogP contribution in [0, 0.1) is 0 Å². The van der Waals surface area contributed by atoms with E-state index in [1.54, 1.807) is 7.11 Å². The summed E-state index contributed by atoms with van der Waals surface area (Å²) in [6.45, 7) is 3.41. The summed E-state index contributed by atoms with van der Waals surface area (Å²) in [5, 5.41) is 0. The normalized spacial score (nSPS) is 10.6. The van der Waals surface area contributed by atoms with E-state index in [0.29, 0.717) is 6.54 Å². The number of nitrogens with two attached hydrogens (primary N) is 1. The van der Waals surface area contributed by atoms with Gasteiger partial charge in [0.15, 0.2) is 0 Å². The fraction of sp³-hybridized carbons (Fsp3) is 0.357. The van der Waals surface area contributed by atoms with Crippen molar-refractivity contribution >= 4 is 0 Å². The van der Waals surface area contributed by atoms with E-state index in [2.05, 4.69) is 22.5 Å². The Bertz CT molecular complexity index is 520. The highest BCUT2D eigenvalue weighted by molar-refractivity contribution is 5.37. The van der Waals surface area contributed by atoms with Gasteiger partial charge in [-0.25, -0.2) is 4.98 Å². The van der Waals surface area contributed by atoms with Crippen LogP contribution >= 0.6 is 0 Å². The minimum atomic E-state index is 0.495. The number of rotatable bonds is 5. The summed E-state index contributed by atoms with van der Waals surface area (Å²) < 4.78 is 7.50. The van der Waals surface area contributed by atoms with Gasteiger partial charge in [-0.2, -0.15) is 0 Å². The molecule has 4 heteroatoms. The molecule has 1 aromatic heterocycles. The third-order valence-corrected chi connectivity index (χ3v) is 3.04. The van der Waals surface area contributed by atoms with Crippen LogP contribution in [0.2, 0.25) is 0 Å². The highest BCUT2D eigenvalue weighted by atomic mass is 16.5. The van der Waals surface area contributed by atoms with Gasteiger partial charge in [-0.15, -0.1) is 0 Å². The summed E-state index contributed by atoms with van der Waals surface area (Å²) in [7, 11) is 1.67. The fourth-order valence-corrected chi connectivity index (χ4v) is 2.05. The van der Waals surface area contributed by atoms with Gasteiger partial charge in [0.2, 0.25) is 0 Å². The summed E-state index contributed by atoms with van der Waals surface area (Å²) in [4.78, 5) is 4.32. The van der Waals surface area contributed by atoms with Crippen LogP contribution in [0.4, 0.5) is 0 Å². The number of hydrogen-bond acceptors (Lipinski definition) is 3. The SMILES string of the molecule is CCc1nccn1Cc1ccc(CN)c(OC)c1. The van der Waals surface area contributed by atoms with Crippen LogP contribution in [0.25, 0.3) is 0 Å². The first-order chi connectivity index (χ1) is 8.78. The van der Waals surface area contributed by atoms with Gasteiger partial charge in [0.1, 0.15) is 11.6 Å². The summed E-state index contributed by atoms with van der Waals surface area (Å²) in [5.74, 6) is 1.95. The zero-order valence-electron chi connectivity index (χ0n) is 10.9. The van der Waals surface area contributed by atoms with E-state index in [1.165, 1.54) is 5.56 Å². The van der Waals surface area contributed by atoms with Gasteiger partial charge in [0, 0.05) is 37.5 Å². The van der Waals surface area contributed by atoms with Crippen LogP contribution in [0.1, 0.15) is 23.9 Å². The molecule has 0 spiro atoms. The van der Waals surface area contributed by atoms with E-state index < -0.39 is 0 Å². The third-order valence-electron chi connectivity index (χ3n) is 3.04. The Kier molecular flexibility index (Phi) is 3.99. The number of hydrogen-bond donors (Lipinski definition) is 1. The highest BCUT2D eigenvalue weighted by Crippen LogP contribution is 2.20. The predicted molar refractivity (Wildman–Crippen MR) is 71.6 cm³/mol. The lowest BCUT2D eigenvalue weighted by atomic mass is 10.1. The van der Waals surface area contributed by atoms with Gasteiger partial charge in [0.25, 0.3) is 0 Å². The van der Waals surface area contributed by atoms with Crippen molar-refractivity contribution in [3.8, 4) is 5.75 Å². The van der Waals surface area contributed by atoms with Gasteiger partial charge in [0.05, 0.1) is 7.11 Å². The van der Waals surface area contributed by atoms with Crippen LogP contribution in [-0.2, 0) is 19.5 Å². The minimum absolute atomic E-state index is 0.495. The topological polar surface area (TPSA) is 53.1 Å². The molecule has 0 atom stereocenters. The Morgan fingerprint density at radius 3 is 2.89 bits per heavy atom. The quantitative estimate of drug-likeness (QED) is 0.876. The highest BCUT2D eigenvalue weighted by Gasteiger charge is 2.05. The van der Waals surface area contributed by atoms with Crippen molar-refractivity contribution in [3.05, 3.63) is 47.5 Å². The standard InChI is InChI=1S/C14H19N3O/c1-3-14-16-6-7-17(14)10-11-4-5-12(9-15)13(8-11)18-2/h4-8H,3,9-10,15H2,1-2H3. The molecule has 1 aromatic carbocycles. The molecule has 0 aliphatic carbocycles. The molecule has 0 saturated carbocycles. The van der Waals surface area contributed by atoms with Crippen molar-refractivity contribution in [3.63, 3.8) is 0 Å². The second-order valence-corrected chi connectivity index (χ2v) is 4.18. The van der Waals surface area contributed by atoms with Gasteiger partial charge < -0.3 is 15.0 Å². The van der Waals surface area contributed by atoms with Gasteiger partial charge in [-0.3, -0.25) is 0 Å². The minimum Gasteiger partial charge on any atom is -0.496 e. The maximum atomic E-state index is 5.66. The Labute approximate surface area is 107 Å². The monoisotopic (exact) mass is 245 g/mol. The zero-order valence-corrected chi connectivity index (χ0v) is 10.9. The zero-order chi connectivity index (χ0) is 13.0. The number of ether oxygens (including phenoxy) is 1. The molecule has 96 valence electrons. The molecule has 2 rings (SSSR count). The Hall–Kier alpha value is -1.81. The Morgan fingerprint density at radius 2 is 2.22 bits per heavy atom. The second kappa shape index (κ2) is 5.69. The summed E-state index contributed by atoms with van der Waals surface area (Å²) in [6, 6.07) is 6.16. The summed E-state index contributed by atoms with van der Waals surface area (Å²) in [5.41, 5.74) is 7.88. The Morgan fingerprint density at radius 1 is 1.39 bits per heavy atom. The molecule has 0 bridgehead atoms. The van der Waals surface area contributed by atoms with Crippen LogP contribution in [-0.4, -0.2) is 16.7 Å². The van der Waals surface area contributed by atoms with E-state index in [1.807, 2.05) is 24.5 Å². The lowest BCUT2D eigenvalue weighted by molar-refractivity contribution is 0.409. The largest absolute Gasteiger partial charge is 0.496 e. The van der Waals surface area contributed by atoms with Crippen LogP contribution in [0.15, 0.2) is 30.6 Å². The smallest absolute Gasteiger partial charge is 0.123 e. The van der Waals surface area contributed by atoms with E-state index in [0.717, 1.165) is 30.1 Å². The van der Waals surface area contributed by atoms with Crippen molar-refractivity contribution in [2.75, 3.05) is 7.11 Å². The molecule has 2 N–H and O–H groups in total. The molecular formula is C14H19N3O. The molecule has 1 heterocycles. The average molecular weight is 245 g/mol.